The van der Waals surface area contributed by atoms with Gasteiger partial charge in [-0.05, 0) is 49.2 Å². The van der Waals surface area contributed by atoms with Crippen LogP contribution in [0.2, 0.25) is 0 Å². The minimum Gasteiger partial charge on any atom is -0.344 e. The van der Waals surface area contributed by atoms with Crippen molar-refractivity contribution in [2.24, 2.45) is 0 Å². The summed E-state index contributed by atoms with van der Waals surface area (Å²) in [6.07, 6.45) is -15.9. The SMILES string of the molecule is Cc1cc(-c2ncc(F)cn2)[c-]c(C(F)(F)F)n1.Cc1cc(-c2nccc(F)n2)[c-]c(C(F)(F)F)n1.Cc1cc(-c2nccc(F)n2)[c-]c(C(F)(F)F)n1.Cc1nc(C(F)(F)F)c[c-]c1-c1ncc(F)cn1.Cc1nc(C(F)(F)F)c[c-]c1-c1nccc(F)n1.[Ir].[Ir].[Ir].[Ir].[Ir]. The molecule has 515 valence electrons. The molecule has 10 rings (SSSR count). The summed E-state index contributed by atoms with van der Waals surface area (Å²) in [5.74, 6) is -4.04. The van der Waals surface area contributed by atoms with Crippen LogP contribution < -0.4 is 0 Å². The van der Waals surface area contributed by atoms with Crippen molar-refractivity contribution in [2.45, 2.75) is 65.5 Å². The van der Waals surface area contributed by atoms with Crippen LogP contribution in [0.5, 0.6) is 0 Å². The molecule has 0 fully saturated rings. The third kappa shape index (κ3) is 26.2. The van der Waals surface area contributed by atoms with Gasteiger partial charge in [-0.1, -0.05) is 25.0 Å². The fourth-order valence-electron chi connectivity index (χ4n) is 6.65. The van der Waals surface area contributed by atoms with Crippen LogP contribution >= 0.6 is 0 Å². The Hall–Kier alpha value is -7.00. The second kappa shape index (κ2) is 36.4. The second-order valence-corrected chi connectivity index (χ2v) is 17.4. The number of nitrogens with zero attached hydrogens (tertiary/aromatic N) is 15. The zero-order valence-corrected chi connectivity index (χ0v) is 59.1. The van der Waals surface area contributed by atoms with Crippen LogP contribution in [0, 0.1) is 94.4 Å². The molecule has 0 bridgehead atoms. The quantitative estimate of drug-likeness (QED) is 0.0896. The Kier molecular flexibility index (Phi) is 32.9. The van der Waals surface area contributed by atoms with Crippen molar-refractivity contribution in [3.05, 3.63) is 209 Å². The molecule has 0 saturated heterocycles. The summed E-state index contributed by atoms with van der Waals surface area (Å²) < 4.78 is 251. The van der Waals surface area contributed by atoms with Gasteiger partial charge >= 0.3 is 30.9 Å². The smallest absolute Gasteiger partial charge is 0.344 e. The summed E-state index contributed by atoms with van der Waals surface area (Å²) in [6.45, 7) is 6.94. The fourth-order valence-corrected chi connectivity index (χ4v) is 6.65. The Morgan fingerprint density at radius 1 is 0.316 bits per heavy atom. The van der Waals surface area contributed by atoms with Gasteiger partial charge in [0.1, 0.15) is 0 Å². The summed E-state index contributed by atoms with van der Waals surface area (Å²) >= 11 is 0. The van der Waals surface area contributed by atoms with Crippen molar-refractivity contribution < 1.29 is 188 Å². The molecule has 0 aromatic carbocycles. The molecule has 0 saturated carbocycles. The molecule has 5 radical (unpaired) electrons. The average Bonchev–Trinajstić information content (AvgIpc) is 0.856. The number of pyridine rings is 5. The Labute approximate surface area is 590 Å². The maximum absolute atomic E-state index is 12.9. The van der Waals surface area contributed by atoms with E-state index < -0.39 is 88.8 Å². The van der Waals surface area contributed by atoms with Crippen LogP contribution in [0.3, 0.4) is 0 Å². The first-order chi connectivity index (χ1) is 41.8. The predicted molar refractivity (Wildman–Crippen MR) is 269 cm³/mol. The third-order valence-corrected chi connectivity index (χ3v) is 10.4. The van der Waals surface area contributed by atoms with Crippen LogP contribution in [0.4, 0.5) is 87.8 Å². The molecule has 95 heavy (non-hydrogen) atoms. The fraction of sp³-hybridized carbons (Fsp3) is 0.182. The zero-order chi connectivity index (χ0) is 66.7. The molecule has 0 aliphatic carbocycles. The monoisotopic (exact) mass is 2250 g/mol. The van der Waals surface area contributed by atoms with Gasteiger partial charge in [-0.25, -0.2) is 8.78 Å². The van der Waals surface area contributed by atoms with Gasteiger partial charge < -0.3 is 19.9 Å². The Bertz CT molecular complexity index is 4010. The van der Waals surface area contributed by atoms with Gasteiger partial charge in [0.15, 0.2) is 11.6 Å². The molecule has 0 spiro atoms. The molecule has 0 N–H and O–H groups in total. The Balaban J connectivity index is 0.000000586. The van der Waals surface area contributed by atoms with Gasteiger partial charge in [-0.15, -0.1) is 77.4 Å². The van der Waals surface area contributed by atoms with E-state index >= 15 is 0 Å². The normalized spacial score (nSPS) is 11.0. The second-order valence-electron chi connectivity index (χ2n) is 17.4. The number of aromatic nitrogens is 15. The average molecular weight is 2240 g/mol. The molecular formula is C55H30F20Ir5N15-5. The van der Waals surface area contributed by atoms with E-state index in [1.54, 1.807) is 0 Å². The molecule has 0 aliphatic rings. The van der Waals surface area contributed by atoms with Gasteiger partial charge in [0.25, 0.3) is 0 Å². The molecule has 15 nitrogen and oxygen atoms in total. The molecule has 0 amide bonds. The van der Waals surface area contributed by atoms with E-state index in [1.165, 1.54) is 59.0 Å². The standard InChI is InChI=1S/5C11H6F4N3.5Ir/c1-6-2-7(3-9(18-6)11(13,14)15)10-16-4-8(12)5-17-10;1-6-8(10-16-4-7(12)5-17-10)2-3-9(18-6)11(13,14)15;2*1-6-4-7(5-8(17-6)11(13,14)15)10-16-3-2-9(12)18-10;1-6-7(10-16-5-4-9(12)18-10)2-3-8(17-6)11(13,14)15;;;;;/h2,4-5H,1H3;3-5H,1H3;2*2-4H,1H3;3-5H,1H3;;;;;/q5*-1;;;;;. The van der Waals surface area contributed by atoms with Crippen molar-refractivity contribution in [2.75, 3.05) is 0 Å². The Morgan fingerprint density at radius 3 is 0.874 bits per heavy atom. The number of aryl methyl sites for hydroxylation is 5. The van der Waals surface area contributed by atoms with E-state index in [1.807, 2.05) is 12.1 Å². The summed E-state index contributed by atoms with van der Waals surface area (Å²) in [4.78, 5) is 52.7. The van der Waals surface area contributed by atoms with Gasteiger partial charge in [0.05, 0.1) is 64.9 Å². The van der Waals surface area contributed by atoms with Crippen molar-refractivity contribution in [3.63, 3.8) is 0 Å². The molecule has 0 atom stereocenters. The summed E-state index contributed by atoms with van der Waals surface area (Å²) in [7, 11) is 0. The molecule has 0 unspecified atom stereocenters. The molecular weight excluding hydrogens is 2210 g/mol. The van der Waals surface area contributed by atoms with Crippen molar-refractivity contribution in [1.82, 2.24) is 74.8 Å². The van der Waals surface area contributed by atoms with E-state index in [9.17, 15) is 87.8 Å². The van der Waals surface area contributed by atoms with Crippen molar-refractivity contribution >= 4 is 0 Å². The Morgan fingerprint density at radius 2 is 0.589 bits per heavy atom. The minimum atomic E-state index is -4.62. The maximum Gasteiger partial charge on any atom is 0.421 e. The van der Waals surface area contributed by atoms with E-state index in [4.69, 9.17) is 0 Å². The van der Waals surface area contributed by atoms with E-state index in [0.29, 0.717) is 6.07 Å². The van der Waals surface area contributed by atoms with Crippen LogP contribution in [0.1, 0.15) is 56.9 Å². The first-order valence-corrected chi connectivity index (χ1v) is 24.1. The number of hydrogen-bond donors (Lipinski definition) is 0. The zero-order valence-electron chi connectivity index (χ0n) is 47.1. The molecule has 10 aromatic rings. The van der Waals surface area contributed by atoms with Gasteiger partial charge in [-0.3, -0.25) is 54.8 Å². The molecule has 10 aromatic heterocycles. The van der Waals surface area contributed by atoms with E-state index in [-0.39, 0.29) is 186 Å². The predicted octanol–water partition coefficient (Wildman–Crippen LogP) is 14.0. The molecule has 40 heteroatoms. The van der Waals surface area contributed by atoms with Crippen LogP contribution in [-0.2, 0) is 131 Å². The minimum absolute atomic E-state index is 0. The third-order valence-electron chi connectivity index (χ3n) is 10.4. The summed E-state index contributed by atoms with van der Waals surface area (Å²) in [5.41, 5.74) is -4.78. The van der Waals surface area contributed by atoms with Crippen LogP contribution in [0.15, 0.2) is 91.9 Å². The first kappa shape index (κ1) is 86.0. The van der Waals surface area contributed by atoms with E-state index in [0.717, 1.165) is 61.4 Å². The van der Waals surface area contributed by atoms with Gasteiger partial charge in [0, 0.05) is 155 Å². The van der Waals surface area contributed by atoms with Crippen molar-refractivity contribution in [1.29, 1.82) is 0 Å². The molecule has 0 aliphatic heterocycles. The van der Waals surface area contributed by atoms with Crippen LogP contribution in [-0.4, -0.2) is 74.8 Å². The van der Waals surface area contributed by atoms with Crippen molar-refractivity contribution in [3.8, 4) is 56.9 Å². The van der Waals surface area contributed by atoms with Crippen LogP contribution in [0.25, 0.3) is 56.9 Å². The number of rotatable bonds is 5. The maximum atomic E-state index is 12.9. The summed E-state index contributed by atoms with van der Waals surface area (Å²) in [5, 5.41) is 0. The van der Waals surface area contributed by atoms with Gasteiger partial charge in [0.2, 0.25) is 17.8 Å². The van der Waals surface area contributed by atoms with E-state index in [2.05, 4.69) is 93.0 Å². The van der Waals surface area contributed by atoms with Gasteiger partial charge in [-0.2, -0.15) is 79.0 Å². The summed E-state index contributed by atoms with van der Waals surface area (Å²) in [6, 6.07) is 19.4. The molecule has 10 heterocycles. The first-order valence-electron chi connectivity index (χ1n) is 24.1. The number of halogens is 20. The largest absolute Gasteiger partial charge is 0.421 e. The topological polar surface area (TPSA) is 193 Å². The number of hydrogen-bond acceptors (Lipinski definition) is 15. The number of alkyl halides is 15.